The van der Waals surface area contributed by atoms with Crippen LogP contribution in [0.15, 0.2) is 0 Å². The van der Waals surface area contributed by atoms with Crippen molar-refractivity contribution in [2.24, 2.45) is 0 Å². The predicted molar refractivity (Wildman–Crippen MR) is 40.0 cm³/mol. The van der Waals surface area contributed by atoms with Crippen molar-refractivity contribution in [2.45, 2.75) is 30.6 Å². The molecule has 4 nitrogen and oxygen atoms in total. The van der Waals surface area contributed by atoms with Gasteiger partial charge in [0.1, 0.15) is 0 Å². The molecule has 0 aliphatic carbocycles. The number of carbonyl (C=O) groups is 1. The highest BCUT2D eigenvalue weighted by atomic mass is 19.4. The monoisotopic (exact) mass is 360 g/mol. The van der Waals surface area contributed by atoms with Crippen molar-refractivity contribution in [1.29, 1.82) is 0 Å². The third kappa shape index (κ3) is 4.31. The molecule has 0 spiro atoms. The first kappa shape index (κ1) is 20.6. The van der Waals surface area contributed by atoms with Crippen LogP contribution < -0.4 is 0 Å². The van der Waals surface area contributed by atoms with Crippen molar-refractivity contribution in [3.63, 3.8) is 0 Å². The van der Waals surface area contributed by atoms with E-state index >= 15 is 0 Å². The molecule has 0 aromatic rings. The fraction of sp³-hybridized carbons (Fsp3) is 0.857. The summed E-state index contributed by atoms with van der Waals surface area (Å²) in [7, 11) is 0.185. The van der Waals surface area contributed by atoms with E-state index in [0.29, 0.717) is 0 Å². The molecule has 0 rings (SSSR count). The highest BCUT2D eigenvalue weighted by Gasteiger charge is 2.73. The minimum absolute atomic E-state index is 0.185. The highest BCUT2D eigenvalue weighted by molar-refractivity contribution is 5.75. The number of halogens is 11. The third-order valence-electron chi connectivity index (χ3n) is 1.60. The molecule has 0 saturated heterocycles. The summed E-state index contributed by atoms with van der Waals surface area (Å²) in [5.74, 6) is -2.95. The second-order valence-corrected chi connectivity index (χ2v) is 3.26. The van der Waals surface area contributed by atoms with E-state index in [4.69, 9.17) is 0 Å². The van der Waals surface area contributed by atoms with Crippen LogP contribution in [0.3, 0.4) is 0 Å². The maximum Gasteiger partial charge on any atom is 0.483 e. The summed E-state index contributed by atoms with van der Waals surface area (Å²) in [6.07, 6.45) is -33.1. The summed E-state index contributed by atoms with van der Waals surface area (Å²) in [4.78, 5) is 10.2. The fourth-order valence-electron chi connectivity index (χ4n) is 0.659. The minimum atomic E-state index is -6.89. The van der Waals surface area contributed by atoms with Crippen molar-refractivity contribution >= 4 is 5.97 Å². The first-order valence-corrected chi connectivity index (χ1v) is 4.46. The lowest BCUT2D eigenvalue weighted by atomic mass is 10.5. The number of alkyl halides is 11. The van der Waals surface area contributed by atoms with Crippen LogP contribution in [0.5, 0.6) is 0 Å². The molecule has 0 bridgehead atoms. The topological polar surface area (TPSA) is 44.8 Å². The Bertz CT molecular complexity index is 415. The van der Waals surface area contributed by atoms with Crippen molar-refractivity contribution < 1.29 is 67.3 Å². The Labute approximate surface area is 112 Å². The van der Waals surface area contributed by atoms with Gasteiger partial charge in [0.25, 0.3) is 0 Å². The van der Waals surface area contributed by atoms with Crippen molar-refractivity contribution in [1.82, 2.24) is 0 Å². The predicted octanol–water partition coefficient (Wildman–Crippen LogP) is 3.13. The second kappa shape index (κ2) is 5.68. The van der Waals surface area contributed by atoms with Gasteiger partial charge in [-0.2, -0.15) is 48.3 Å². The van der Waals surface area contributed by atoms with Crippen LogP contribution in [-0.2, 0) is 19.0 Å². The zero-order valence-electron chi connectivity index (χ0n) is 9.79. The van der Waals surface area contributed by atoms with Gasteiger partial charge in [0, 0.05) is 0 Å². The number of hydrogen-bond acceptors (Lipinski definition) is 4. The Morgan fingerprint density at radius 2 is 1.05 bits per heavy atom. The summed E-state index contributed by atoms with van der Waals surface area (Å²) in [5, 5.41) is 0. The molecular weight excluding hydrogens is 357 g/mol. The fourth-order valence-corrected chi connectivity index (χ4v) is 0.659. The van der Waals surface area contributed by atoms with Gasteiger partial charge in [-0.25, -0.2) is 14.3 Å². The number of rotatable bonds is 6. The van der Waals surface area contributed by atoms with E-state index in [0.717, 1.165) is 0 Å². The lowest BCUT2D eigenvalue weighted by Crippen LogP contribution is -2.55. The lowest BCUT2D eigenvalue weighted by molar-refractivity contribution is -0.532. The van der Waals surface area contributed by atoms with Gasteiger partial charge in [-0.15, -0.1) is 0 Å². The van der Waals surface area contributed by atoms with E-state index in [1.807, 2.05) is 4.74 Å². The second-order valence-electron chi connectivity index (χ2n) is 3.26. The summed E-state index contributed by atoms with van der Waals surface area (Å²) in [6.45, 7) is 0. The largest absolute Gasteiger partial charge is 0.483 e. The van der Waals surface area contributed by atoms with Crippen LogP contribution in [0, 0.1) is 0 Å². The zero-order chi connectivity index (χ0) is 18.2. The first-order valence-electron chi connectivity index (χ1n) is 4.46. The Morgan fingerprint density at radius 3 is 1.36 bits per heavy atom. The van der Waals surface area contributed by atoms with E-state index in [2.05, 4.69) is 4.74 Å². The molecule has 0 aromatic carbocycles. The van der Waals surface area contributed by atoms with Gasteiger partial charge in [0.2, 0.25) is 0 Å². The number of carbonyl (C=O) groups excluding carboxylic acids is 1. The number of ether oxygens (including phenoxy) is 3. The average Bonchev–Trinajstić information content (AvgIpc) is 2.22. The molecule has 22 heavy (non-hydrogen) atoms. The zero-order valence-corrected chi connectivity index (χ0v) is 9.79. The SMILES string of the molecule is COC(=O)C(F)(F)OC(F)(F)C(F)(F)OC(F)(F)C(F)(F)F. The Balaban J connectivity index is 5.38. The van der Waals surface area contributed by atoms with Gasteiger partial charge >= 0.3 is 36.6 Å². The standard InChI is InChI=1S/C7H3F11O4/c1-20-2(19)3(8,9)21-6(15,16)7(17,18)22-5(13,14)4(10,11)12/h1H3. The van der Waals surface area contributed by atoms with E-state index < -0.39 is 36.6 Å². The quantitative estimate of drug-likeness (QED) is 0.539. The Hall–Kier alpha value is -1.38. The molecule has 0 aliphatic rings. The molecule has 0 N–H and O–H groups in total. The molecule has 15 heteroatoms. The van der Waals surface area contributed by atoms with Gasteiger partial charge in [-0.3, -0.25) is 0 Å². The number of hydrogen-bond donors (Lipinski definition) is 0. The van der Waals surface area contributed by atoms with Crippen LogP contribution in [0.1, 0.15) is 0 Å². The van der Waals surface area contributed by atoms with Gasteiger partial charge in [0.05, 0.1) is 7.11 Å². The maximum atomic E-state index is 12.6. The van der Waals surface area contributed by atoms with Crippen LogP contribution in [0.4, 0.5) is 48.3 Å². The molecule has 0 radical (unpaired) electrons. The third-order valence-corrected chi connectivity index (χ3v) is 1.60. The van der Waals surface area contributed by atoms with Crippen LogP contribution in [0.25, 0.3) is 0 Å². The van der Waals surface area contributed by atoms with E-state index in [9.17, 15) is 53.1 Å². The van der Waals surface area contributed by atoms with Crippen LogP contribution in [-0.4, -0.2) is 43.7 Å². The normalized spacial score (nSPS) is 14.9. The molecule has 0 heterocycles. The molecule has 0 atom stereocenters. The Kier molecular flexibility index (Phi) is 5.32. The molecule has 0 fully saturated rings. The van der Waals surface area contributed by atoms with Crippen LogP contribution >= 0.6 is 0 Å². The summed E-state index contributed by atoms with van der Waals surface area (Å²) in [5.41, 5.74) is 0. The molecule has 0 saturated carbocycles. The van der Waals surface area contributed by atoms with E-state index in [1.54, 1.807) is 4.74 Å². The molecule has 0 aliphatic heterocycles. The molecule has 0 amide bonds. The number of methoxy groups -OCH3 is 1. The summed E-state index contributed by atoms with van der Waals surface area (Å²) >= 11 is 0. The van der Waals surface area contributed by atoms with Gasteiger partial charge in [-0.05, 0) is 0 Å². The summed E-state index contributed by atoms with van der Waals surface area (Å²) < 4.78 is 141. The minimum Gasteiger partial charge on any atom is -0.463 e. The average molecular weight is 360 g/mol. The maximum absolute atomic E-state index is 12.6. The summed E-state index contributed by atoms with van der Waals surface area (Å²) in [6, 6.07) is 0. The molecular formula is C7H3F11O4. The van der Waals surface area contributed by atoms with Crippen molar-refractivity contribution in [2.75, 3.05) is 7.11 Å². The van der Waals surface area contributed by atoms with E-state index in [-0.39, 0.29) is 7.11 Å². The van der Waals surface area contributed by atoms with Gasteiger partial charge < -0.3 is 4.74 Å². The smallest absolute Gasteiger partial charge is 0.463 e. The van der Waals surface area contributed by atoms with Crippen molar-refractivity contribution in [3.8, 4) is 0 Å². The Morgan fingerprint density at radius 1 is 0.682 bits per heavy atom. The van der Waals surface area contributed by atoms with Gasteiger partial charge in [0.15, 0.2) is 0 Å². The molecule has 132 valence electrons. The highest BCUT2D eigenvalue weighted by Crippen LogP contribution is 2.47. The van der Waals surface area contributed by atoms with E-state index in [1.165, 1.54) is 0 Å². The van der Waals surface area contributed by atoms with Crippen molar-refractivity contribution in [3.05, 3.63) is 0 Å². The number of esters is 1. The molecule has 0 unspecified atom stereocenters. The van der Waals surface area contributed by atoms with Gasteiger partial charge in [-0.1, -0.05) is 0 Å². The first-order chi connectivity index (χ1) is 9.40. The molecule has 0 aromatic heterocycles. The van der Waals surface area contributed by atoms with Crippen LogP contribution in [0.2, 0.25) is 0 Å². The lowest BCUT2D eigenvalue weighted by Gasteiger charge is -2.30.